The molecule has 0 spiro atoms. The summed E-state index contributed by atoms with van der Waals surface area (Å²) in [4.78, 5) is 15.2. The summed E-state index contributed by atoms with van der Waals surface area (Å²) in [6, 6.07) is 9.87. The lowest BCUT2D eigenvalue weighted by molar-refractivity contribution is 0.101. The Morgan fingerprint density at radius 3 is 2.76 bits per heavy atom. The zero-order valence-electron chi connectivity index (χ0n) is 12.8. The van der Waals surface area contributed by atoms with Gasteiger partial charge in [-0.2, -0.15) is 0 Å². The largest absolute Gasteiger partial charge is 0.496 e. The first-order valence-corrected chi connectivity index (χ1v) is 7.87. The number of methoxy groups -OCH3 is 1. The van der Waals surface area contributed by atoms with E-state index in [2.05, 4.69) is 29.5 Å². The van der Waals surface area contributed by atoms with Crippen LogP contribution in [0.5, 0.6) is 5.75 Å². The number of carbonyl (C=O) groups is 1. The maximum atomic E-state index is 11.5. The molecule has 0 saturated heterocycles. The first kappa shape index (κ1) is 15.7. The summed E-state index contributed by atoms with van der Waals surface area (Å²) in [5.74, 6) is 0.920. The van der Waals surface area contributed by atoms with Crippen LogP contribution in [0, 0.1) is 0 Å². The first-order valence-electron chi connectivity index (χ1n) is 6.99. The van der Waals surface area contributed by atoms with E-state index in [0.717, 1.165) is 36.4 Å². The highest BCUT2D eigenvalue weighted by atomic mass is 32.1. The number of thiophene rings is 1. The van der Waals surface area contributed by atoms with Crippen LogP contribution in [-0.4, -0.2) is 31.4 Å². The van der Waals surface area contributed by atoms with Crippen molar-refractivity contribution in [3.63, 3.8) is 0 Å². The molecule has 3 nitrogen and oxygen atoms in total. The summed E-state index contributed by atoms with van der Waals surface area (Å²) in [5, 5.41) is 2.11. The second kappa shape index (κ2) is 7.38. The predicted octanol–water partition coefficient (Wildman–Crippen LogP) is 3.63. The minimum atomic E-state index is 0.0835. The molecule has 0 unspecified atom stereocenters. The van der Waals surface area contributed by atoms with Crippen molar-refractivity contribution < 1.29 is 9.53 Å². The van der Waals surface area contributed by atoms with Gasteiger partial charge in [-0.3, -0.25) is 4.79 Å². The van der Waals surface area contributed by atoms with Gasteiger partial charge in [0.15, 0.2) is 5.78 Å². The summed E-state index contributed by atoms with van der Waals surface area (Å²) < 4.78 is 5.40. The molecule has 21 heavy (non-hydrogen) atoms. The molecule has 112 valence electrons. The molecule has 1 heterocycles. The van der Waals surface area contributed by atoms with Gasteiger partial charge < -0.3 is 9.64 Å². The lowest BCUT2D eigenvalue weighted by Gasteiger charge is -2.18. The number of ether oxygens (including phenoxy) is 1. The summed E-state index contributed by atoms with van der Waals surface area (Å²) in [6.07, 6.45) is 1.04. The molecule has 0 amide bonds. The van der Waals surface area contributed by atoms with Crippen LogP contribution < -0.4 is 4.74 Å². The summed E-state index contributed by atoms with van der Waals surface area (Å²) >= 11 is 1.79. The Morgan fingerprint density at radius 1 is 1.33 bits per heavy atom. The quantitative estimate of drug-likeness (QED) is 0.732. The molecular weight excluding hydrogens is 282 g/mol. The van der Waals surface area contributed by atoms with E-state index in [0.29, 0.717) is 0 Å². The molecule has 0 saturated carbocycles. The van der Waals surface area contributed by atoms with E-state index in [-0.39, 0.29) is 5.78 Å². The van der Waals surface area contributed by atoms with Crippen LogP contribution in [0.2, 0.25) is 0 Å². The van der Waals surface area contributed by atoms with Crippen molar-refractivity contribution >= 4 is 17.1 Å². The highest BCUT2D eigenvalue weighted by molar-refractivity contribution is 7.09. The Kier molecular flexibility index (Phi) is 5.53. The number of likely N-dealkylation sites (N-methyl/N-ethyl adjacent to an activating group) is 1. The van der Waals surface area contributed by atoms with Crippen molar-refractivity contribution in [2.45, 2.75) is 19.9 Å². The van der Waals surface area contributed by atoms with Gasteiger partial charge in [0.05, 0.1) is 7.11 Å². The zero-order valence-corrected chi connectivity index (χ0v) is 13.6. The molecular formula is C17H21NO2S. The Morgan fingerprint density at radius 2 is 2.14 bits per heavy atom. The van der Waals surface area contributed by atoms with Gasteiger partial charge in [-0.25, -0.2) is 0 Å². The van der Waals surface area contributed by atoms with Crippen LogP contribution >= 0.6 is 11.3 Å². The van der Waals surface area contributed by atoms with E-state index >= 15 is 0 Å². The molecule has 0 N–H and O–H groups in total. The average Bonchev–Trinajstić information content (AvgIpc) is 2.98. The fourth-order valence-corrected chi connectivity index (χ4v) is 2.95. The molecule has 0 bridgehead atoms. The maximum Gasteiger partial charge on any atom is 0.159 e. The zero-order chi connectivity index (χ0) is 15.2. The molecule has 2 rings (SSSR count). The normalized spacial score (nSPS) is 10.9. The molecule has 1 aromatic heterocycles. The third kappa shape index (κ3) is 4.41. The van der Waals surface area contributed by atoms with Gasteiger partial charge in [-0.1, -0.05) is 6.07 Å². The van der Waals surface area contributed by atoms with E-state index in [4.69, 9.17) is 4.74 Å². The standard InChI is InChI=1S/C17H21NO2S/c1-13(19)14-6-7-17(20-3)15(11-14)12-18(2)9-8-16-5-4-10-21-16/h4-7,10-11H,8-9,12H2,1-3H3. The number of carbonyl (C=O) groups excluding carboxylic acids is 1. The van der Waals surface area contributed by atoms with Crippen molar-refractivity contribution in [2.24, 2.45) is 0 Å². The van der Waals surface area contributed by atoms with Gasteiger partial charge in [0, 0.05) is 29.1 Å². The van der Waals surface area contributed by atoms with Gasteiger partial charge in [0.25, 0.3) is 0 Å². The second-order valence-electron chi connectivity index (χ2n) is 5.15. The van der Waals surface area contributed by atoms with E-state index in [1.807, 2.05) is 18.2 Å². The van der Waals surface area contributed by atoms with Crippen molar-refractivity contribution in [3.8, 4) is 5.75 Å². The molecule has 0 aliphatic heterocycles. The molecule has 0 fully saturated rings. The summed E-state index contributed by atoms with van der Waals surface area (Å²) in [7, 11) is 3.76. The van der Waals surface area contributed by atoms with Gasteiger partial charge in [0.1, 0.15) is 5.75 Å². The summed E-state index contributed by atoms with van der Waals surface area (Å²) in [6.45, 7) is 3.34. The van der Waals surface area contributed by atoms with Crippen molar-refractivity contribution in [1.29, 1.82) is 0 Å². The van der Waals surface area contributed by atoms with Gasteiger partial charge in [-0.05, 0) is 50.0 Å². The van der Waals surface area contributed by atoms with Gasteiger partial charge in [0.2, 0.25) is 0 Å². The van der Waals surface area contributed by atoms with Gasteiger partial charge >= 0.3 is 0 Å². The highest BCUT2D eigenvalue weighted by Crippen LogP contribution is 2.22. The van der Waals surface area contributed by atoms with Gasteiger partial charge in [-0.15, -0.1) is 11.3 Å². The van der Waals surface area contributed by atoms with E-state index < -0.39 is 0 Å². The minimum absolute atomic E-state index is 0.0835. The fourth-order valence-electron chi connectivity index (χ4n) is 2.25. The lowest BCUT2D eigenvalue weighted by Crippen LogP contribution is -2.21. The topological polar surface area (TPSA) is 29.5 Å². The molecule has 0 atom stereocenters. The Bertz CT molecular complexity index is 593. The van der Waals surface area contributed by atoms with Crippen LogP contribution in [0.4, 0.5) is 0 Å². The lowest BCUT2D eigenvalue weighted by atomic mass is 10.1. The van der Waals surface area contributed by atoms with Crippen molar-refractivity contribution in [1.82, 2.24) is 4.90 Å². The fraction of sp³-hybridized carbons (Fsp3) is 0.353. The number of benzene rings is 1. The first-order chi connectivity index (χ1) is 10.1. The van der Waals surface area contributed by atoms with Crippen LogP contribution in [0.25, 0.3) is 0 Å². The Hall–Kier alpha value is -1.65. The molecule has 1 aromatic carbocycles. The van der Waals surface area contributed by atoms with Crippen LogP contribution in [0.15, 0.2) is 35.7 Å². The number of Topliss-reactive ketones (excluding diaryl/α,β-unsaturated/α-hetero) is 1. The highest BCUT2D eigenvalue weighted by Gasteiger charge is 2.10. The number of rotatable bonds is 7. The maximum absolute atomic E-state index is 11.5. The van der Waals surface area contributed by atoms with Crippen LogP contribution in [0.1, 0.15) is 27.7 Å². The second-order valence-corrected chi connectivity index (χ2v) is 6.18. The molecule has 0 aliphatic carbocycles. The van der Waals surface area contributed by atoms with Crippen LogP contribution in [-0.2, 0) is 13.0 Å². The van der Waals surface area contributed by atoms with Crippen LogP contribution in [0.3, 0.4) is 0 Å². The molecule has 0 aliphatic rings. The van der Waals surface area contributed by atoms with E-state index in [1.165, 1.54) is 4.88 Å². The smallest absolute Gasteiger partial charge is 0.159 e. The Balaban J connectivity index is 2.02. The number of ketones is 1. The van der Waals surface area contributed by atoms with E-state index in [1.54, 1.807) is 25.4 Å². The summed E-state index contributed by atoms with van der Waals surface area (Å²) in [5.41, 5.74) is 1.79. The third-order valence-electron chi connectivity index (χ3n) is 3.45. The Labute approximate surface area is 130 Å². The monoisotopic (exact) mass is 303 g/mol. The predicted molar refractivity (Wildman–Crippen MR) is 87.4 cm³/mol. The third-order valence-corrected chi connectivity index (χ3v) is 4.38. The number of nitrogens with zero attached hydrogens (tertiary/aromatic N) is 1. The SMILES string of the molecule is COc1ccc(C(C)=O)cc1CN(C)CCc1cccs1. The molecule has 4 heteroatoms. The number of hydrogen-bond acceptors (Lipinski definition) is 4. The minimum Gasteiger partial charge on any atom is -0.496 e. The number of hydrogen-bond donors (Lipinski definition) is 0. The molecule has 2 aromatic rings. The van der Waals surface area contributed by atoms with E-state index in [9.17, 15) is 4.79 Å². The molecule has 0 radical (unpaired) electrons. The van der Waals surface area contributed by atoms with Crippen molar-refractivity contribution in [2.75, 3.05) is 20.7 Å². The van der Waals surface area contributed by atoms with Crippen molar-refractivity contribution in [3.05, 3.63) is 51.7 Å². The average molecular weight is 303 g/mol.